The number of rotatable bonds is 58. The molecule has 0 aromatic rings. The van der Waals surface area contributed by atoms with E-state index in [1.807, 2.05) is 0 Å². The molecular formula is C69H120O6. The number of allylic oxidation sites excluding steroid dienone is 14. The molecule has 6 heteroatoms. The van der Waals surface area contributed by atoms with E-state index in [0.717, 1.165) is 89.9 Å². The monoisotopic (exact) mass is 1040 g/mol. The molecule has 0 aromatic carbocycles. The summed E-state index contributed by atoms with van der Waals surface area (Å²) < 4.78 is 16.8. The summed E-state index contributed by atoms with van der Waals surface area (Å²) in [7, 11) is 0. The number of carbonyl (C=O) groups excluding carboxylic acids is 3. The number of esters is 3. The number of ether oxygens (including phenoxy) is 3. The molecule has 6 nitrogen and oxygen atoms in total. The highest BCUT2D eigenvalue weighted by Gasteiger charge is 2.19. The van der Waals surface area contributed by atoms with Gasteiger partial charge in [-0.05, 0) is 96.3 Å². The highest BCUT2D eigenvalue weighted by atomic mass is 16.6. The lowest BCUT2D eigenvalue weighted by atomic mass is 10.0. The molecule has 0 spiro atoms. The maximum atomic E-state index is 12.8. The zero-order valence-corrected chi connectivity index (χ0v) is 49.6. The number of hydrogen-bond acceptors (Lipinski definition) is 6. The average molecular weight is 1050 g/mol. The number of hydrogen-bond donors (Lipinski definition) is 0. The van der Waals surface area contributed by atoms with Crippen LogP contribution in [0.4, 0.5) is 0 Å². The van der Waals surface area contributed by atoms with Gasteiger partial charge in [0.1, 0.15) is 13.2 Å². The van der Waals surface area contributed by atoms with Crippen molar-refractivity contribution in [3.8, 4) is 0 Å². The van der Waals surface area contributed by atoms with Crippen molar-refractivity contribution in [3.05, 3.63) is 85.1 Å². The first-order chi connectivity index (χ1) is 37.0. The predicted octanol–water partition coefficient (Wildman–Crippen LogP) is 21.9. The van der Waals surface area contributed by atoms with E-state index in [1.165, 1.54) is 180 Å². The van der Waals surface area contributed by atoms with Gasteiger partial charge in [0, 0.05) is 19.3 Å². The van der Waals surface area contributed by atoms with Gasteiger partial charge in [0.25, 0.3) is 0 Å². The van der Waals surface area contributed by atoms with Crippen molar-refractivity contribution in [3.63, 3.8) is 0 Å². The van der Waals surface area contributed by atoms with E-state index >= 15 is 0 Å². The highest BCUT2D eigenvalue weighted by Crippen LogP contribution is 2.17. The molecule has 0 saturated carbocycles. The first-order valence-corrected chi connectivity index (χ1v) is 32.1. The van der Waals surface area contributed by atoms with Gasteiger partial charge in [-0.3, -0.25) is 14.4 Å². The van der Waals surface area contributed by atoms with E-state index in [9.17, 15) is 14.4 Å². The lowest BCUT2D eigenvalue weighted by Gasteiger charge is -2.18. The van der Waals surface area contributed by atoms with Crippen molar-refractivity contribution in [2.75, 3.05) is 13.2 Å². The Morgan fingerprint density at radius 3 is 0.840 bits per heavy atom. The number of carbonyl (C=O) groups is 3. The van der Waals surface area contributed by atoms with Crippen LogP contribution in [-0.2, 0) is 28.6 Å². The van der Waals surface area contributed by atoms with Gasteiger partial charge in [-0.1, -0.05) is 286 Å². The van der Waals surface area contributed by atoms with E-state index in [0.29, 0.717) is 19.3 Å². The van der Waals surface area contributed by atoms with E-state index in [4.69, 9.17) is 14.2 Å². The summed E-state index contributed by atoms with van der Waals surface area (Å²) >= 11 is 0. The van der Waals surface area contributed by atoms with Gasteiger partial charge in [-0.15, -0.1) is 0 Å². The fourth-order valence-electron chi connectivity index (χ4n) is 9.09. The maximum absolute atomic E-state index is 12.8. The second-order valence-corrected chi connectivity index (χ2v) is 21.3. The third kappa shape index (κ3) is 61.3. The van der Waals surface area contributed by atoms with Crippen molar-refractivity contribution < 1.29 is 28.6 Å². The quantitative estimate of drug-likeness (QED) is 0.0261. The Morgan fingerprint density at radius 1 is 0.280 bits per heavy atom. The largest absolute Gasteiger partial charge is 0.462 e. The van der Waals surface area contributed by atoms with Gasteiger partial charge in [0.2, 0.25) is 0 Å². The Kier molecular flexibility index (Phi) is 60.3. The molecule has 0 bridgehead atoms. The molecule has 0 aliphatic rings. The first kappa shape index (κ1) is 71.6. The third-order valence-electron chi connectivity index (χ3n) is 13.9. The van der Waals surface area contributed by atoms with Crippen LogP contribution in [0.3, 0.4) is 0 Å². The summed E-state index contributed by atoms with van der Waals surface area (Å²) in [5.74, 6) is -0.925. The average Bonchev–Trinajstić information content (AvgIpc) is 3.41. The fourth-order valence-corrected chi connectivity index (χ4v) is 9.09. The van der Waals surface area contributed by atoms with Crippen LogP contribution in [0, 0.1) is 0 Å². The molecule has 0 fully saturated rings. The van der Waals surface area contributed by atoms with Crippen molar-refractivity contribution in [2.45, 2.75) is 322 Å². The van der Waals surface area contributed by atoms with Crippen LogP contribution in [0.5, 0.6) is 0 Å². The molecule has 0 heterocycles. The number of unbranched alkanes of at least 4 members (excludes halogenated alkanes) is 33. The second kappa shape index (κ2) is 63.1. The summed E-state index contributed by atoms with van der Waals surface area (Å²) in [5.41, 5.74) is 0. The van der Waals surface area contributed by atoms with Crippen LogP contribution in [0.15, 0.2) is 85.1 Å². The summed E-state index contributed by atoms with van der Waals surface area (Å²) in [5, 5.41) is 0. The molecule has 0 aliphatic heterocycles. The molecule has 0 aliphatic carbocycles. The highest BCUT2D eigenvalue weighted by molar-refractivity contribution is 5.71. The zero-order valence-electron chi connectivity index (χ0n) is 49.6. The van der Waals surface area contributed by atoms with Gasteiger partial charge in [-0.2, -0.15) is 0 Å². The van der Waals surface area contributed by atoms with E-state index < -0.39 is 6.10 Å². The fraction of sp³-hybridized carbons (Fsp3) is 0.754. The van der Waals surface area contributed by atoms with Gasteiger partial charge in [0.05, 0.1) is 0 Å². The Bertz CT molecular complexity index is 1430. The second-order valence-electron chi connectivity index (χ2n) is 21.3. The van der Waals surface area contributed by atoms with E-state index in [-0.39, 0.29) is 37.5 Å². The Morgan fingerprint density at radius 2 is 0.520 bits per heavy atom. The van der Waals surface area contributed by atoms with Gasteiger partial charge in [-0.25, -0.2) is 0 Å². The summed E-state index contributed by atoms with van der Waals surface area (Å²) in [6, 6.07) is 0. The SMILES string of the molecule is CC/C=C\C/C=C\C/C=C\C/C=C\CCCCC(=O)OC(COC(=O)CCCCCCCCCCC)COC(=O)CCCCCCCCCCCCCCCCCCCC/C=C\C/C=C\C/C=C\CCCCCCC. The van der Waals surface area contributed by atoms with E-state index in [2.05, 4.69) is 106 Å². The van der Waals surface area contributed by atoms with Crippen LogP contribution in [-0.4, -0.2) is 37.2 Å². The summed E-state index contributed by atoms with van der Waals surface area (Å²) in [6.45, 7) is 6.48. The molecule has 0 N–H and O–H groups in total. The van der Waals surface area contributed by atoms with Crippen LogP contribution in [0.2, 0.25) is 0 Å². The van der Waals surface area contributed by atoms with Gasteiger partial charge >= 0.3 is 17.9 Å². The van der Waals surface area contributed by atoms with Crippen molar-refractivity contribution in [1.29, 1.82) is 0 Å². The van der Waals surface area contributed by atoms with Crippen molar-refractivity contribution >= 4 is 17.9 Å². The van der Waals surface area contributed by atoms with Crippen LogP contribution < -0.4 is 0 Å². The molecule has 0 amide bonds. The van der Waals surface area contributed by atoms with E-state index in [1.54, 1.807) is 0 Å². The summed E-state index contributed by atoms with van der Waals surface area (Å²) in [6.07, 6.45) is 83.4. The molecule has 0 saturated heterocycles. The standard InChI is InChI=1S/C69H120O6/c1-4-7-10-13-16-19-21-23-25-26-27-28-29-30-31-32-33-34-35-36-37-38-39-40-41-42-44-45-47-50-53-56-59-62-68(71)74-65-66(64-73-67(70)61-58-55-52-49-18-15-12-9-6-3)75-69(72)63-60-57-54-51-48-46-43-24-22-20-17-14-11-8-5-2/h8,11,17,20-21,23-24,26-27,29-30,43,48,51,66H,4-7,9-10,12-16,18-19,22,25,28,31-42,44-47,49-50,52-65H2,1-3H3/b11-8-,20-17-,23-21-,27-26-,30-29-,43-24-,51-48-. The Balaban J connectivity index is 4.08. The molecule has 75 heavy (non-hydrogen) atoms. The zero-order chi connectivity index (χ0) is 54.3. The molecule has 1 atom stereocenters. The Hall–Kier alpha value is -3.41. The lowest BCUT2D eigenvalue weighted by molar-refractivity contribution is -0.167. The maximum Gasteiger partial charge on any atom is 0.306 e. The van der Waals surface area contributed by atoms with Gasteiger partial charge in [0.15, 0.2) is 6.10 Å². The minimum atomic E-state index is -0.795. The van der Waals surface area contributed by atoms with Crippen LogP contribution >= 0.6 is 0 Å². The van der Waals surface area contributed by atoms with Gasteiger partial charge < -0.3 is 14.2 Å². The minimum Gasteiger partial charge on any atom is -0.462 e. The molecule has 432 valence electrons. The van der Waals surface area contributed by atoms with Crippen LogP contribution in [0.1, 0.15) is 316 Å². The topological polar surface area (TPSA) is 78.9 Å². The first-order valence-electron chi connectivity index (χ1n) is 32.1. The third-order valence-corrected chi connectivity index (χ3v) is 13.9. The van der Waals surface area contributed by atoms with Crippen molar-refractivity contribution in [2.24, 2.45) is 0 Å². The molecule has 1 unspecified atom stereocenters. The van der Waals surface area contributed by atoms with Crippen LogP contribution in [0.25, 0.3) is 0 Å². The smallest absolute Gasteiger partial charge is 0.306 e. The minimum absolute atomic E-state index is 0.0899. The normalized spacial score (nSPS) is 12.6. The Labute approximate surface area is 465 Å². The molecular weight excluding hydrogens is 925 g/mol. The summed E-state index contributed by atoms with van der Waals surface area (Å²) in [4.78, 5) is 38.1. The van der Waals surface area contributed by atoms with Crippen molar-refractivity contribution in [1.82, 2.24) is 0 Å². The predicted molar refractivity (Wildman–Crippen MR) is 325 cm³/mol. The molecule has 0 aromatic heterocycles. The lowest BCUT2D eigenvalue weighted by Crippen LogP contribution is -2.30. The molecule has 0 radical (unpaired) electrons. The molecule has 0 rings (SSSR count).